The van der Waals surface area contributed by atoms with Crippen LogP contribution >= 0.6 is 0 Å². The van der Waals surface area contributed by atoms with Crippen LogP contribution in [0.5, 0.6) is 11.5 Å². The van der Waals surface area contributed by atoms with Gasteiger partial charge in [0.05, 0.1) is 19.8 Å². The monoisotopic (exact) mass is 432 g/mol. The van der Waals surface area contributed by atoms with Crippen molar-refractivity contribution in [2.24, 2.45) is 5.92 Å². The van der Waals surface area contributed by atoms with Crippen molar-refractivity contribution >= 4 is 11.8 Å². The van der Waals surface area contributed by atoms with E-state index >= 15 is 0 Å². The molecule has 1 fully saturated rings. The molecule has 0 bridgehead atoms. The zero-order valence-corrected chi connectivity index (χ0v) is 17.6. The van der Waals surface area contributed by atoms with Gasteiger partial charge in [-0.25, -0.2) is 8.78 Å². The molecule has 1 aliphatic heterocycles. The smallest absolute Gasteiger partial charge is 0.256 e. The SMILES string of the molecule is COc1ccc(CCNC(=O)C2CCN(C(=O)c3ccc(F)cc3F)CC2)cc1OC. The van der Waals surface area contributed by atoms with Crippen molar-refractivity contribution < 1.29 is 27.8 Å². The molecule has 1 aliphatic rings. The summed E-state index contributed by atoms with van der Waals surface area (Å²) >= 11 is 0. The third kappa shape index (κ3) is 5.51. The first-order chi connectivity index (χ1) is 14.9. The minimum atomic E-state index is -0.875. The van der Waals surface area contributed by atoms with Crippen molar-refractivity contribution in [2.75, 3.05) is 33.9 Å². The highest BCUT2D eigenvalue weighted by Crippen LogP contribution is 2.27. The van der Waals surface area contributed by atoms with Crippen LogP contribution in [0, 0.1) is 17.6 Å². The molecule has 31 heavy (non-hydrogen) atoms. The summed E-state index contributed by atoms with van der Waals surface area (Å²) in [5.74, 6) is -1.05. The zero-order valence-electron chi connectivity index (χ0n) is 17.6. The third-order valence-corrected chi connectivity index (χ3v) is 5.48. The molecule has 0 saturated carbocycles. The quantitative estimate of drug-likeness (QED) is 0.730. The minimum absolute atomic E-state index is 0.0551. The van der Waals surface area contributed by atoms with E-state index in [4.69, 9.17) is 9.47 Å². The Labute approximate surface area is 180 Å². The second-order valence-electron chi connectivity index (χ2n) is 7.42. The molecule has 1 saturated heterocycles. The molecule has 166 valence electrons. The Hall–Kier alpha value is -3.16. The number of carbonyl (C=O) groups is 2. The van der Waals surface area contributed by atoms with E-state index in [1.807, 2.05) is 18.2 Å². The van der Waals surface area contributed by atoms with Gasteiger partial charge in [0.1, 0.15) is 11.6 Å². The van der Waals surface area contributed by atoms with Crippen LogP contribution in [-0.4, -0.2) is 50.6 Å². The van der Waals surface area contributed by atoms with Crippen molar-refractivity contribution in [1.29, 1.82) is 0 Å². The van der Waals surface area contributed by atoms with Crippen molar-refractivity contribution in [3.05, 3.63) is 59.2 Å². The number of halogens is 2. The van der Waals surface area contributed by atoms with Gasteiger partial charge in [-0.3, -0.25) is 9.59 Å². The summed E-state index contributed by atoms with van der Waals surface area (Å²) in [6, 6.07) is 8.54. The molecule has 0 aliphatic carbocycles. The van der Waals surface area contributed by atoms with E-state index in [2.05, 4.69) is 5.32 Å². The highest BCUT2D eigenvalue weighted by molar-refractivity contribution is 5.94. The maximum Gasteiger partial charge on any atom is 0.256 e. The van der Waals surface area contributed by atoms with Gasteiger partial charge in [-0.05, 0) is 49.1 Å². The first-order valence-corrected chi connectivity index (χ1v) is 10.2. The number of ether oxygens (including phenoxy) is 2. The lowest BCUT2D eigenvalue weighted by Gasteiger charge is -2.31. The molecule has 0 atom stereocenters. The fraction of sp³-hybridized carbons (Fsp3) is 0.391. The van der Waals surface area contributed by atoms with Crippen LogP contribution in [0.25, 0.3) is 0 Å². The molecule has 0 unspecified atom stereocenters. The molecular weight excluding hydrogens is 406 g/mol. The van der Waals surface area contributed by atoms with Gasteiger partial charge in [0, 0.05) is 31.6 Å². The van der Waals surface area contributed by atoms with Gasteiger partial charge < -0.3 is 19.7 Å². The van der Waals surface area contributed by atoms with Gasteiger partial charge in [0.25, 0.3) is 5.91 Å². The van der Waals surface area contributed by atoms with Crippen molar-refractivity contribution in [2.45, 2.75) is 19.3 Å². The molecule has 2 aromatic carbocycles. The van der Waals surface area contributed by atoms with E-state index in [-0.39, 0.29) is 17.4 Å². The number of amides is 2. The van der Waals surface area contributed by atoms with Crippen LogP contribution < -0.4 is 14.8 Å². The fourth-order valence-electron chi connectivity index (χ4n) is 3.69. The van der Waals surface area contributed by atoms with E-state index in [1.54, 1.807) is 14.2 Å². The zero-order chi connectivity index (χ0) is 22.4. The molecule has 2 aromatic rings. The number of nitrogens with one attached hydrogen (secondary N) is 1. The fourth-order valence-corrected chi connectivity index (χ4v) is 3.69. The summed E-state index contributed by atoms with van der Waals surface area (Å²) in [4.78, 5) is 26.5. The van der Waals surface area contributed by atoms with Crippen molar-refractivity contribution in [3.63, 3.8) is 0 Å². The van der Waals surface area contributed by atoms with Crippen LogP contribution in [0.4, 0.5) is 8.78 Å². The van der Waals surface area contributed by atoms with Crippen LogP contribution in [0.15, 0.2) is 36.4 Å². The Kier molecular flexibility index (Phi) is 7.44. The van der Waals surface area contributed by atoms with Crippen LogP contribution in [-0.2, 0) is 11.2 Å². The number of hydrogen-bond donors (Lipinski definition) is 1. The number of rotatable bonds is 7. The maximum absolute atomic E-state index is 13.9. The van der Waals surface area contributed by atoms with E-state index in [1.165, 1.54) is 4.90 Å². The summed E-state index contributed by atoms with van der Waals surface area (Å²) in [7, 11) is 3.15. The summed E-state index contributed by atoms with van der Waals surface area (Å²) in [6.45, 7) is 1.18. The Bertz CT molecular complexity index is 943. The maximum atomic E-state index is 13.9. The van der Waals surface area contributed by atoms with Gasteiger partial charge in [-0.1, -0.05) is 6.07 Å². The Morgan fingerprint density at radius 1 is 1.03 bits per heavy atom. The number of hydrogen-bond acceptors (Lipinski definition) is 4. The standard InChI is InChI=1S/C23H26F2N2O4/c1-30-20-6-3-15(13-21(20)31-2)7-10-26-22(28)16-8-11-27(12-9-16)23(29)18-5-4-17(24)14-19(18)25/h3-6,13-14,16H,7-12H2,1-2H3,(H,26,28). The Balaban J connectivity index is 1.46. The van der Waals surface area contributed by atoms with E-state index in [0.29, 0.717) is 56.5 Å². The third-order valence-electron chi connectivity index (χ3n) is 5.48. The molecule has 0 spiro atoms. The number of benzene rings is 2. The molecule has 2 amide bonds. The van der Waals surface area contributed by atoms with Crippen LogP contribution in [0.1, 0.15) is 28.8 Å². The Morgan fingerprint density at radius 2 is 1.74 bits per heavy atom. The number of methoxy groups -OCH3 is 2. The van der Waals surface area contributed by atoms with Crippen molar-refractivity contribution in [1.82, 2.24) is 10.2 Å². The minimum Gasteiger partial charge on any atom is -0.493 e. The highest BCUT2D eigenvalue weighted by atomic mass is 19.1. The molecule has 0 aromatic heterocycles. The first kappa shape index (κ1) is 22.5. The summed E-state index contributed by atoms with van der Waals surface area (Å²) in [5.41, 5.74) is 0.860. The number of carbonyl (C=O) groups excluding carboxylic acids is 2. The van der Waals surface area contributed by atoms with Gasteiger partial charge in [0.2, 0.25) is 5.91 Å². The summed E-state index contributed by atoms with van der Waals surface area (Å²) < 4.78 is 37.4. The number of likely N-dealkylation sites (tertiary alicyclic amines) is 1. The van der Waals surface area contributed by atoms with Gasteiger partial charge >= 0.3 is 0 Å². The second-order valence-corrected chi connectivity index (χ2v) is 7.42. The average Bonchev–Trinajstić information content (AvgIpc) is 2.78. The van der Waals surface area contributed by atoms with Crippen LogP contribution in [0.2, 0.25) is 0 Å². The van der Waals surface area contributed by atoms with Crippen LogP contribution in [0.3, 0.4) is 0 Å². The lowest BCUT2D eigenvalue weighted by atomic mass is 9.95. The summed E-state index contributed by atoms with van der Waals surface area (Å²) in [6.07, 6.45) is 1.64. The molecular formula is C23H26F2N2O4. The normalized spacial score (nSPS) is 14.3. The van der Waals surface area contributed by atoms with E-state index < -0.39 is 17.5 Å². The van der Waals surface area contributed by atoms with Gasteiger partial charge in [0.15, 0.2) is 11.5 Å². The molecule has 1 heterocycles. The molecule has 0 radical (unpaired) electrons. The lowest BCUT2D eigenvalue weighted by molar-refractivity contribution is -0.126. The predicted octanol–water partition coefficient (Wildman–Crippen LogP) is 3.19. The number of piperidine rings is 1. The van der Waals surface area contributed by atoms with Gasteiger partial charge in [-0.2, -0.15) is 0 Å². The lowest BCUT2D eigenvalue weighted by Crippen LogP contribution is -2.43. The van der Waals surface area contributed by atoms with E-state index in [0.717, 1.165) is 17.7 Å². The Morgan fingerprint density at radius 3 is 2.39 bits per heavy atom. The second kappa shape index (κ2) is 10.2. The topological polar surface area (TPSA) is 67.9 Å². The molecule has 1 N–H and O–H groups in total. The number of nitrogens with zero attached hydrogens (tertiary/aromatic N) is 1. The molecule has 3 rings (SSSR count). The summed E-state index contributed by atoms with van der Waals surface area (Å²) in [5, 5.41) is 2.94. The highest BCUT2D eigenvalue weighted by Gasteiger charge is 2.28. The van der Waals surface area contributed by atoms with E-state index in [9.17, 15) is 18.4 Å². The average molecular weight is 432 g/mol. The van der Waals surface area contributed by atoms with Gasteiger partial charge in [-0.15, -0.1) is 0 Å². The predicted molar refractivity (Wildman–Crippen MR) is 111 cm³/mol. The van der Waals surface area contributed by atoms with Crippen molar-refractivity contribution in [3.8, 4) is 11.5 Å². The first-order valence-electron chi connectivity index (χ1n) is 10.2. The largest absolute Gasteiger partial charge is 0.493 e. The molecule has 8 heteroatoms. The molecule has 6 nitrogen and oxygen atoms in total.